The normalized spacial score (nSPS) is 20.1. The Morgan fingerprint density at radius 3 is 2.50 bits per heavy atom. The van der Waals surface area contributed by atoms with Crippen LogP contribution >= 0.6 is 0 Å². The highest BCUT2D eigenvalue weighted by Gasteiger charge is 2.34. The molecule has 0 saturated carbocycles. The third-order valence-corrected chi connectivity index (χ3v) is 4.31. The molecule has 0 aliphatic carbocycles. The lowest BCUT2D eigenvalue weighted by Crippen LogP contribution is -2.45. The van der Waals surface area contributed by atoms with Crippen molar-refractivity contribution in [1.29, 1.82) is 0 Å². The van der Waals surface area contributed by atoms with Crippen molar-refractivity contribution in [2.75, 3.05) is 46.9 Å². The van der Waals surface area contributed by atoms with Crippen LogP contribution in [0.1, 0.15) is 19.3 Å². The van der Waals surface area contributed by atoms with Gasteiger partial charge in [0.05, 0.1) is 6.61 Å². The fourth-order valence-corrected chi connectivity index (χ4v) is 3.09. The van der Waals surface area contributed by atoms with Crippen molar-refractivity contribution in [3.63, 3.8) is 0 Å². The average Bonchev–Trinajstić information content (AvgIpc) is 2.42. The first-order chi connectivity index (χ1) is 9.55. The molecule has 0 bridgehead atoms. The summed E-state index contributed by atoms with van der Waals surface area (Å²) in [5.41, 5.74) is 1.56. The van der Waals surface area contributed by atoms with E-state index in [1.165, 1.54) is 18.4 Å². The van der Waals surface area contributed by atoms with Gasteiger partial charge in [-0.3, -0.25) is 0 Å². The largest absolute Gasteiger partial charge is 0.395 e. The van der Waals surface area contributed by atoms with E-state index in [0.717, 1.165) is 32.6 Å². The number of nitrogens with zero attached hydrogens (tertiary/aromatic N) is 2. The molecule has 1 rings (SSSR count). The van der Waals surface area contributed by atoms with Gasteiger partial charge in [-0.2, -0.15) is 0 Å². The van der Waals surface area contributed by atoms with E-state index in [1.54, 1.807) is 0 Å². The first-order valence-corrected chi connectivity index (χ1v) is 7.47. The number of likely N-dealkylation sites (N-methyl/N-ethyl adjacent to an activating group) is 1. The van der Waals surface area contributed by atoms with Crippen LogP contribution in [0.5, 0.6) is 0 Å². The summed E-state index contributed by atoms with van der Waals surface area (Å²) in [5, 5.41) is 9.11. The fourth-order valence-electron chi connectivity index (χ4n) is 3.09. The molecule has 0 amide bonds. The number of piperidine rings is 1. The van der Waals surface area contributed by atoms with Crippen molar-refractivity contribution >= 4 is 0 Å². The summed E-state index contributed by atoms with van der Waals surface area (Å²) in [4.78, 5) is 4.65. The summed E-state index contributed by atoms with van der Waals surface area (Å²) in [6.07, 6.45) is 9.30. The van der Waals surface area contributed by atoms with Crippen molar-refractivity contribution in [2.45, 2.75) is 19.3 Å². The predicted molar refractivity (Wildman–Crippen MR) is 86.8 cm³/mol. The van der Waals surface area contributed by atoms with Gasteiger partial charge in [-0.1, -0.05) is 31.4 Å². The standard InChI is InChI=1S/C17H30N2O/c1-5-7-16(6-2)14-17(15-19(4)12-13-20)8-10-18(3)11-9-17/h5-7,20H,1-2,8-15H2,3-4H3/b16-7+. The number of hydrogen-bond donors (Lipinski definition) is 1. The zero-order valence-corrected chi connectivity index (χ0v) is 13.1. The number of likely N-dealkylation sites (tertiary alicyclic amines) is 1. The second-order valence-electron chi connectivity index (χ2n) is 6.12. The van der Waals surface area contributed by atoms with Crippen LogP contribution in [0.25, 0.3) is 0 Å². The highest BCUT2D eigenvalue weighted by Crippen LogP contribution is 2.38. The molecule has 20 heavy (non-hydrogen) atoms. The molecule has 1 aliphatic heterocycles. The molecule has 1 saturated heterocycles. The lowest BCUT2D eigenvalue weighted by atomic mass is 9.73. The number of rotatable bonds is 8. The molecule has 0 radical (unpaired) electrons. The molecule has 1 fully saturated rings. The van der Waals surface area contributed by atoms with Gasteiger partial charge in [0.2, 0.25) is 0 Å². The van der Waals surface area contributed by atoms with Gasteiger partial charge in [-0.15, -0.1) is 0 Å². The highest BCUT2D eigenvalue weighted by atomic mass is 16.3. The SMILES string of the molecule is C=C/C=C(\C=C)CC1(CN(C)CCO)CCN(C)CC1. The van der Waals surface area contributed by atoms with Gasteiger partial charge in [0, 0.05) is 13.1 Å². The minimum Gasteiger partial charge on any atom is -0.395 e. The topological polar surface area (TPSA) is 26.7 Å². The van der Waals surface area contributed by atoms with Crippen LogP contribution in [0.3, 0.4) is 0 Å². The summed E-state index contributed by atoms with van der Waals surface area (Å²) in [6.45, 7) is 12.0. The van der Waals surface area contributed by atoms with Crippen molar-refractivity contribution in [1.82, 2.24) is 9.80 Å². The van der Waals surface area contributed by atoms with E-state index in [1.807, 2.05) is 12.2 Å². The predicted octanol–water partition coefficient (Wildman–Crippen LogP) is 2.31. The number of hydrogen-bond acceptors (Lipinski definition) is 3. The van der Waals surface area contributed by atoms with Crippen LogP contribution < -0.4 is 0 Å². The Morgan fingerprint density at radius 1 is 1.35 bits per heavy atom. The Balaban J connectivity index is 2.80. The average molecular weight is 278 g/mol. The molecule has 0 aromatic carbocycles. The molecule has 1 N–H and O–H groups in total. The zero-order valence-electron chi connectivity index (χ0n) is 13.1. The smallest absolute Gasteiger partial charge is 0.0558 e. The molecule has 114 valence electrons. The third kappa shape index (κ3) is 5.23. The summed E-state index contributed by atoms with van der Waals surface area (Å²) in [5.74, 6) is 0. The van der Waals surface area contributed by atoms with Crippen LogP contribution in [0.4, 0.5) is 0 Å². The number of aliphatic hydroxyl groups is 1. The molecule has 3 heteroatoms. The van der Waals surface area contributed by atoms with Gasteiger partial charge in [-0.05, 0) is 57.4 Å². The molecule has 0 aromatic heterocycles. The van der Waals surface area contributed by atoms with Gasteiger partial charge in [0.15, 0.2) is 0 Å². The van der Waals surface area contributed by atoms with Crippen LogP contribution in [0, 0.1) is 5.41 Å². The molecule has 1 heterocycles. The van der Waals surface area contributed by atoms with Crippen LogP contribution in [0.15, 0.2) is 37.0 Å². The lowest BCUT2D eigenvalue weighted by Gasteiger charge is -2.43. The lowest BCUT2D eigenvalue weighted by molar-refractivity contribution is 0.0751. The highest BCUT2D eigenvalue weighted by molar-refractivity contribution is 5.23. The van der Waals surface area contributed by atoms with Crippen molar-refractivity contribution in [3.05, 3.63) is 37.0 Å². The van der Waals surface area contributed by atoms with E-state index in [9.17, 15) is 0 Å². The van der Waals surface area contributed by atoms with Gasteiger partial charge in [0.25, 0.3) is 0 Å². The summed E-state index contributed by atoms with van der Waals surface area (Å²) >= 11 is 0. The first-order valence-electron chi connectivity index (χ1n) is 7.47. The molecule has 0 aromatic rings. The minimum atomic E-state index is 0.225. The van der Waals surface area contributed by atoms with Gasteiger partial charge in [-0.25, -0.2) is 0 Å². The maximum absolute atomic E-state index is 9.11. The van der Waals surface area contributed by atoms with Gasteiger partial charge in [0.1, 0.15) is 0 Å². The molecule has 0 spiro atoms. The monoisotopic (exact) mass is 278 g/mol. The molecular formula is C17H30N2O. The maximum Gasteiger partial charge on any atom is 0.0558 e. The van der Waals surface area contributed by atoms with Gasteiger partial charge < -0.3 is 14.9 Å². The van der Waals surface area contributed by atoms with E-state index >= 15 is 0 Å². The van der Waals surface area contributed by atoms with E-state index in [4.69, 9.17) is 5.11 Å². The Hall–Kier alpha value is -0.900. The quantitative estimate of drug-likeness (QED) is 0.690. The molecular weight excluding hydrogens is 248 g/mol. The third-order valence-electron chi connectivity index (χ3n) is 4.31. The van der Waals surface area contributed by atoms with Crippen LogP contribution in [-0.4, -0.2) is 61.8 Å². The Bertz CT molecular complexity index is 341. The van der Waals surface area contributed by atoms with Crippen molar-refractivity contribution in [3.8, 4) is 0 Å². The molecule has 0 atom stereocenters. The van der Waals surface area contributed by atoms with Crippen LogP contribution in [-0.2, 0) is 0 Å². The second-order valence-corrected chi connectivity index (χ2v) is 6.12. The Kier molecular flexibility index (Phi) is 7.20. The minimum absolute atomic E-state index is 0.225. The first kappa shape index (κ1) is 17.2. The summed E-state index contributed by atoms with van der Waals surface area (Å²) < 4.78 is 0. The van der Waals surface area contributed by atoms with Gasteiger partial charge >= 0.3 is 0 Å². The van der Waals surface area contributed by atoms with Crippen molar-refractivity contribution < 1.29 is 5.11 Å². The van der Waals surface area contributed by atoms with E-state index < -0.39 is 0 Å². The zero-order chi connectivity index (χ0) is 15.0. The Labute approximate surface area is 124 Å². The van der Waals surface area contributed by atoms with E-state index in [-0.39, 0.29) is 6.61 Å². The number of allylic oxidation sites excluding steroid dienone is 4. The molecule has 3 nitrogen and oxygen atoms in total. The maximum atomic E-state index is 9.11. The summed E-state index contributed by atoms with van der Waals surface area (Å²) in [7, 11) is 4.29. The van der Waals surface area contributed by atoms with Crippen LogP contribution in [0.2, 0.25) is 0 Å². The molecule has 0 unspecified atom stereocenters. The Morgan fingerprint density at radius 2 is 2.00 bits per heavy atom. The fraction of sp³-hybridized carbons (Fsp3) is 0.647. The van der Waals surface area contributed by atoms with E-state index in [0.29, 0.717) is 5.41 Å². The van der Waals surface area contributed by atoms with Crippen molar-refractivity contribution in [2.24, 2.45) is 5.41 Å². The molecule has 1 aliphatic rings. The van der Waals surface area contributed by atoms with E-state index in [2.05, 4.69) is 43.1 Å². The summed E-state index contributed by atoms with van der Waals surface area (Å²) in [6, 6.07) is 0. The number of aliphatic hydroxyl groups excluding tert-OH is 1. The second kappa shape index (κ2) is 8.40.